The van der Waals surface area contributed by atoms with Crippen LogP contribution in [0.2, 0.25) is 18.1 Å². The zero-order valence-corrected chi connectivity index (χ0v) is 40.4. The minimum absolute atomic E-state index is 0.00555. The van der Waals surface area contributed by atoms with Gasteiger partial charge >= 0.3 is 5.69 Å². The largest absolute Gasteiger partial charge is 0.497 e. The molecule has 0 amide bonds. The minimum atomic E-state index is -2.08. The summed E-state index contributed by atoms with van der Waals surface area (Å²) in [4.78, 5) is 29.2. The number of ether oxygens (including phenoxy) is 4. The lowest BCUT2D eigenvalue weighted by molar-refractivity contribution is -0.0925. The molecule has 0 spiro atoms. The lowest BCUT2D eigenvalue weighted by atomic mass is 9.80. The fraction of sp³-hybridized carbons (Fsp3) is 0.479. The molecule has 1 fully saturated rings. The highest BCUT2D eigenvalue weighted by Gasteiger charge is 2.45. The highest BCUT2D eigenvalue weighted by molar-refractivity contribution is 7.44. The topological polar surface area (TPSA) is 146 Å². The van der Waals surface area contributed by atoms with Crippen LogP contribution in [0.1, 0.15) is 89.8 Å². The van der Waals surface area contributed by atoms with Crippen molar-refractivity contribution in [3.8, 4) is 29.4 Å². The highest BCUT2D eigenvalue weighted by atomic mass is 31.2. The Hall–Kier alpha value is -4.60. The number of hydrogen-bond donors (Lipinski definition) is 1. The Balaban J connectivity index is 1.59. The first-order valence-corrected chi connectivity index (χ1v) is 25.4. The van der Waals surface area contributed by atoms with Crippen LogP contribution in [0.5, 0.6) is 11.5 Å². The normalized spacial score (nSPS) is 17.4. The number of nitrogens with one attached hydrogen (secondary N) is 1. The van der Waals surface area contributed by atoms with Crippen LogP contribution in [-0.2, 0) is 28.5 Å². The van der Waals surface area contributed by atoms with E-state index in [1.54, 1.807) is 14.2 Å². The summed E-state index contributed by atoms with van der Waals surface area (Å²) in [5, 5.41) is 9.40. The molecule has 1 saturated heterocycles. The first kappa shape index (κ1) is 49.4. The first-order chi connectivity index (χ1) is 29.9. The van der Waals surface area contributed by atoms with E-state index in [0.717, 1.165) is 16.7 Å². The minimum Gasteiger partial charge on any atom is -0.497 e. The van der Waals surface area contributed by atoms with Gasteiger partial charge in [0.05, 0.1) is 52.6 Å². The summed E-state index contributed by atoms with van der Waals surface area (Å²) in [7, 11) is -0.563. The molecule has 338 valence electrons. The smallest absolute Gasteiger partial charge is 0.330 e. The number of methoxy groups -OCH3 is 2. The third kappa shape index (κ3) is 12.0. The van der Waals surface area contributed by atoms with Crippen molar-refractivity contribution in [2.45, 2.75) is 116 Å². The summed E-state index contributed by atoms with van der Waals surface area (Å²) in [5.41, 5.74) is 0.192. The van der Waals surface area contributed by atoms with E-state index in [-0.39, 0.29) is 55.3 Å². The molecular weight excluding hydrogens is 836 g/mol. The van der Waals surface area contributed by atoms with Crippen LogP contribution < -0.4 is 20.7 Å². The van der Waals surface area contributed by atoms with Gasteiger partial charge in [-0.2, -0.15) is 5.26 Å². The maximum Gasteiger partial charge on any atom is 0.330 e. The Morgan fingerprint density at radius 2 is 1.48 bits per heavy atom. The third-order valence-corrected chi connectivity index (χ3v) is 18.2. The van der Waals surface area contributed by atoms with Gasteiger partial charge in [-0.1, -0.05) is 87.2 Å². The summed E-state index contributed by atoms with van der Waals surface area (Å²) in [6.45, 7) is 19.3. The van der Waals surface area contributed by atoms with Gasteiger partial charge in [-0.3, -0.25) is 14.3 Å². The van der Waals surface area contributed by atoms with Gasteiger partial charge in [0, 0.05) is 24.7 Å². The highest BCUT2D eigenvalue weighted by Crippen LogP contribution is 2.51. The molecule has 3 aromatic carbocycles. The van der Waals surface area contributed by atoms with E-state index in [0.29, 0.717) is 11.5 Å². The number of aromatic amines is 1. The fourth-order valence-electron chi connectivity index (χ4n) is 7.18. The van der Waals surface area contributed by atoms with Crippen molar-refractivity contribution in [3.63, 3.8) is 0 Å². The van der Waals surface area contributed by atoms with Crippen molar-refractivity contribution >= 4 is 16.8 Å². The van der Waals surface area contributed by atoms with Crippen molar-refractivity contribution in [3.05, 3.63) is 128 Å². The van der Waals surface area contributed by atoms with E-state index < -0.39 is 52.1 Å². The summed E-state index contributed by atoms with van der Waals surface area (Å²) < 4.78 is 48.3. The molecule has 63 heavy (non-hydrogen) atoms. The van der Waals surface area contributed by atoms with E-state index in [1.807, 2.05) is 78.9 Å². The second-order valence-corrected chi connectivity index (χ2v) is 23.6. The number of benzene rings is 3. The predicted molar refractivity (Wildman–Crippen MR) is 248 cm³/mol. The van der Waals surface area contributed by atoms with E-state index in [1.165, 1.54) is 10.8 Å². The van der Waals surface area contributed by atoms with E-state index in [4.69, 9.17) is 32.4 Å². The summed E-state index contributed by atoms with van der Waals surface area (Å²) >= 11 is 0. The molecular formula is C48H63N4O9PSi. The molecule has 1 N–H and O–H groups in total. The van der Waals surface area contributed by atoms with Crippen LogP contribution in [0, 0.1) is 23.2 Å². The van der Waals surface area contributed by atoms with Crippen LogP contribution >= 0.6 is 8.53 Å². The Kier molecular flexibility index (Phi) is 17.1. The molecule has 2 heterocycles. The van der Waals surface area contributed by atoms with Crippen molar-refractivity contribution in [2.24, 2.45) is 0 Å². The van der Waals surface area contributed by atoms with E-state index >= 15 is 0 Å². The van der Waals surface area contributed by atoms with Crippen molar-refractivity contribution in [2.75, 3.05) is 34.0 Å². The van der Waals surface area contributed by atoms with Gasteiger partial charge in [-0.05, 0) is 86.8 Å². The van der Waals surface area contributed by atoms with Crippen LogP contribution in [0.3, 0.4) is 0 Å². The van der Waals surface area contributed by atoms with Crippen molar-refractivity contribution in [1.82, 2.24) is 14.2 Å². The molecule has 4 aromatic rings. The Bertz CT molecular complexity index is 2260. The monoisotopic (exact) mass is 898 g/mol. The molecule has 0 bridgehead atoms. The Morgan fingerprint density at radius 3 is 2.00 bits per heavy atom. The fourth-order valence-corrected chi connectivity index (χ4v) is 9.80. The number of aromatic nitrogens is 2. The molecule has 15 heteroatoms. The zero-order chi connectivity index (χ0) is 46.0. The average Bonchev–Trinajstić information content (AvgIpc) is 3.65. The number of nitriles is 1. The van der Waals surface area contributed by atoms with Gasteiger partial charge in [0.2, 0.25) is 0 Å². The molecule has 0 aliphatic carbocycles. The van der Waals surface area contributed by atoms with Gasteiger partial charge in [0.25, 0.3) is 14.1 Å². The zero-order valence-electron chi connectivity index (χ0n) is 38.5. The SMILES string of the molecule is COc1ccc(C(OC[C@H]2O[C@@H](n3cc(C#CCO[Si](C)(C)C(C)(C)C)c(=O)[nH]c3=O)C[C@@H]2OP(OCCC#N)N(C(C)C)C(C)C)(c2ccccc2)c2ccc(OC)cc2)cc1. The van der Waals surface area contributed by atoms with Crippen LogP contribution in [0.25, 0.3) is 0 Å². The van der Waals surface area contributed by atoms with E-state index in [2.05, 4.69) is 89.1 Å². The second-order valence-electron chi connectivity index (χ2n) is 17.4. The van der Waals surface area contributed by atoms with Crippen LogP contribution in [0.4, 0.5) is 0 Å². The Morgan fingerprint density at radius 1 is 0.905 bits per heavy atom. The van der Waals surface area contributed by atoms with Gasteiger partial charge < -0.3 is 32.4 Å². The molecule has 1 aliphatic heterocycles. The average molecular weight is 899 g/mol. The number of H-pyrrole nitrogens is 1. The van der Waals surface area contributed by atoms with Gasteiger partial charge in [-0.15, -0.1) is 0 Å². The maximum atomic E-state index is 13.6. The summed E-state index contributed by atoms with van der Waals surface area (Å²) in [5.74, 6) is 7.30. The molecule has 1 unspecified atom stereocenters. The molecule has 4 atom stereocenters. The number of rotatable bonds is 19. The molecule has 1 aromatic heterocycles. The van der Waals surface area contributed by atoms with Gasteiger partial charge in [0.1, 0.15) is 35.0 Å². The molecule has 0 saturated carbocycles. The molecule has 0 radical (unpaired) electrons. The van der Waals surface area contributed by atoms with Crippen molar-refractivity contribution in [1.29, 1.82) is 5.26 Å². The van der Waals surface area contributed by atoms with Gasteiger partial charge in [0.15, 0.2) is 8.32 Å². The summed E-state index contributed by atoms with van der Waals surface area (Å²) in [6.07, 6.45) is -0.484. The van der Waals surface area contributed by atoms with E-state index in [9.17, 15) is 14.9 Å². The number of hydrogen-bond acceptors (Lipinski definition) is 11. The van der Waals surface area contributed by atoms with Crippen LogP contribution in [0.15, 0.2) is 94.6 Å². The Labute approximate surface area is 374 Å². The summed E-state index contributed by atoms with van der Waals surface area (Å²) in [6, 6.07) is 27.7. The van der Waals surface area contributed by atoms with Gasteiger partial charge in [-0.25, -0.2) is 9.46 Å². The second kappa shape index (κ2) is 21.9. The predicted octanol–water partition coefficient (Wildman–Crippen LogP) is 8.88. The molecule has 1 aliphatic rings. The standard InChI is InChI=1S/C48H63N4O9PSi/c1-34(2)52(35(3)4)62(58-29-16-28-49)61-42-31-44(51-32-36(45(53)50-46(51)54)17-15-30-59-63(10,11)47(5,6)7)60-43(42)33-57-48(37-18-13-12-14-19-37,38-20-24-40(55-8)25-21-38)39-22-26-41(56-9)27-23-39/h12-14,18-27,32,34-35,42-44H,16,29-31,33H2,1-11H3,(H,50,53,54)/t42-,43+,44+,62?/m0/s1. The van der Waals surface area contributed by atoms with Crippen LogP contribution in [-0.4, -0.2) is 80.9 Å². The first-order valence-electron chi connectivity index (χ1n) is 21.3. The molecule has 13 nitrogen and oxygen atoms in total. The third-order valence-electron chi connectivity index (χ3n) is 11.5. The lowest BCUT2D eigenvalue weighted by Gasteiger charge is -2.39. The molecule has 5 rings (SSSR count). The van der Waals surface area contributed by atoms with Crippen molar-refractivity contribution < 1.29 is 32.4 Å². The maximum absolute atomic E-state index is 13.6. The number of nitrogens with zero attached hydrogens (tertiary/aromatic N) is 3. The quantitative estimate of drug-likeness (QED) is 0.0317. The lowest BCUT2D eigenvalue weighted by Crippen LogP contribution is -2.40.